The SMILES string of the molecule is COC(=O)[C@@H](Cc1ccc(OC)cc1)NC(=O)Cc1ccccc1. The summed E-state index contributed by atoms with van der Waals surface area (Å²) in [6.45, 7) is 0. The van der Waals surface area contributed by atoms with E-state index in [1.807, 2.05) is 54.6 Å². The predicted molar refractivity (Wildman–Crippen MR) is 90.8 cm³/mol. The summed E-state index contributed by atoms with van der Waals surface area (Å²) in [6, 6.07) is 16.0. The van der Waals surface area contributed by atoms with E-state index >= 15 is 0 Å². The van der Waals surface area contributed by atoms with Crippen molar-refractivity contribution in [2.45, 2.75) is 18.9 Å². The second kappa shape index (κ2) is 8.72. The molecule has 2 aromatic rings. The Balaban J connectivity index is 2.02. The molecule has 0 heterocycles. The highest BCUT2D eigenvalue weighted by Crippen LogP contribution is 2.13. The molecule has 126 valence electrons. The van der Waals surface area contributed by atoms with E-state index in [4.69, 9.17) is 9.47 Å². The van der Waals surface area contributed by atoms with Gasteiger partial charge >= 0.3 is 5.97 Å². The number of rotatable bonds is 7. The Bertz CT molecular complexity index is 668. The molecule has 0 fully saturated rings. The molecule has 0 aliphatic heterocycles. The predicted octanol–water partition coefficient (Wildman–Crippen LogP) is 2.14. The van der Waals surface area contributed by atoms with Gasteiger partial charge in [0.15, 0.2) is 0 Å². The van der Waals surface area contributed by atoms with Crippen LogP contribution in [0.3, 0.4) is 0 Å². The zero-order valence-corrected chi connectivity index (χ0v) is 13.8. The van der Waals surface area contributed by atoms with E-state index in [1.165, 1.54) is 7.11 Å². The van der Waals surface area contributed by atoms with Crippen LogP contribution in [0.5, 0.6) is 5.75 Å². The fraction of sp³-hybridized carbons (Fsp3) is 0.263. The summed E-state index contributed by atoms with van der Waals surface area (Å²) in [5.41, 5.74) is 1.80. The molecule has 0 saturated carbocycles. The topological polar surface area (TPSA) is 64.6 Å². The van der Waals surface area contributed by atoms with Crippen molar-refractivity contribution in [3.8, 4) is 5.75 Å². The number of esters is 1. The molecule has 5 nitrogen and oxygen atoms in total. The van der Waals surface area contributed by atoms with Gasteiger partial charge in [0, 0.05) is 6.42 Å². The van der Waals surface area contributed by atoms with Gasteiger partial charge in [-0.05, 0) is 23.3 Å². The third kappa shape index (κ3) is 5.12. The average Bonchev–Trinajstić information content (AvgIpc) is 2.62. The molecule has 2 rings (SSSR count). The van der Waals surface area contributed by atoms with Gasteiger partial charge in [0.1, 0.15) is 11.8 Å². The van der Waals surface area contributed by atoms with E-state index in [0.29, 0.717) is 6.42 Å². The number of ether oxygens (including phenoxy) is 2. The summed E-state index contributed by atoms with van der Waals surface area (Å²) in [6.07, 6.45) is 0.578. The van der Waals surface area contributed by atoms with Gasteiger partial charge in [-0.1, -0.05) is 42.5 Å². The molecular weight excluding hydrogens is 306 g/mol. The minimum absolute atomic E-state index is 0.217. The summed E-state index contributed by atoms with van der Waals surface area (Å²) in [5.74, 6) is 0.0545. The van der Waals surface area contributed by atoms with Crippen LogP contribution in [0.15, 0.2) is 54.6 Å². The monoisotopic (exact) mass is 327 g/mol. The minimum atomic E-state index is -0.723. The lowest BCUT2D eigenvalue weighted by atomic mass is 10.0. The quantitative estimate of drug-likeness (QED) is 0.791. The average molecular weight is 327 g/mol. The third-order valence-electron chi connectivity index (χ3n) is 3.63. The molecule has 0 aliphatic rings. The van der Waals surface area contributed by atoms with Crippen LogP contribution in [0, 0.1) is 0 Å². The Morgan fingerprint density at radius 1 is 0.958 bits per heavy atom. The maximum atomic E-state index is 12.2. The van der Waals surface area contributed by atoms with Crippen molar-refractivity contribution >= 4 is 11.9 Å². The van der Waals surface area contributed by atoms with Crippen molar-refractivity contribution in [3.63, 3.8) is 0 Å². The molecule has 24 heavy (non-hydrogen) atoms. The molecule has 0 spiro atoms. The summed E-state index contributed by atoms with van der Waals surface area (Å²) in [5, 5.41) is 2.75. The number of carbonyl (C=O) groups is 2. The molecule has 0 aliphatic carbocycles. The number of carbonyl (C=O) groups excluding carboxylic acids is 2. The van der Waals surface area contributed by atoms with Crippen LogP contribution in [0.25, 0.3) is 0 Å². The lowest BCUT2D eigenvalue weighted by molar-refractivity contribution is -0.145. The molecule has 0 radical (unpaired) electrons. The highest BCUT2D eigenvalue weighted by molar-refractivity contribution is 5.85. The number of methoxy groups -OCH3 is 2. The first kappa shape index (κ1) is 17.5. The summed E-state index contributed by atoms with van der Waals surface area (Å²) in [7, 11) is 2.91. The van der Waals surface area contributed by atoms with Crippen molar-refractivity contribution in [2.24, 2.45) is 0 Å². The lowest BCUT2D eigenvalue weighted by Gasteiger charge is -2.17. The summed E-state index contributed by atoms with van der Waals surface area (Å²) in [4.78, 5) is 24.2. The van der Waals surface area contributed by atoms with E-state index in [1.54, 1.807) is 7.11 Å². The Hall–Kier alpha value is -2.82. The van der Waals surface area contributed by atoms with Crippen LogP contribution in [-0.2, 0) is 27.2 Å². The zero-order chi connectivity index (χ0) is 17.4. The Labute approximate surface area is 141 Å². The van der Waals surface area contributed by atoms with Crippen LogP contribution in [0.4, 0.5) is 0 Å². The van der Waals surface area contributed by atoms with Crippen molar-refractivity contribution in [3.05, 3.63) is 65.7 Å². The fourth-order valence-corrected chi connectivity index (χ4v) is 2.36. The van der Waals surface area contributed by atoms with Crippen LogP contribution in [-0.4, -0.2) is 32.1 Å². The molecule has 0 aromatic heterocycles. The molecule has 1 atom stereocenters. The molecule has 0 bridgehead atoms. The second-order valence-corrected chi connectivity index (χ2v) is 5.36. The van der Waals surface area contributed by atoms with E-state index in [0.717, 1.165) is 16.9 Å². The number of hydrogen-bond acceptors (Lipinski definition) is 4. The summed E-state index contributed by atoms with van der Waals surface area (Å²) >= 11 is 0. The first-order chi connectivity index (χ1) is 11.6. The molecule has 0 unspecified atom stereocenters. The maximum Gasteiger partial charge on any atom is 0.328 e. The molecule has 5 heteroatoms. The first-order valence-electron chi connectivity index (χ1n) is 7.66. The first-order valence-corrected chi connectivity index (χ1v) is 7.66. The Kier molecular flexibility index (Phi) is 6.37. The number of hydrogen-bond donors (Lipinski definition) is 1. The highest BCUT2D eigenvalue weighted by Gasteiger charge is 2.22. The van der Waals surface area contributed by atoms with E-state index in [9.17, 15) is 9.59 Å². The van der Waals surface area contributed by atoms with E-state index in [-0.39, 0.29) is 12.3 Å². The molecular formula is C19H21NO4. The van der Waals surface area contributed by atoms with Crippen LogP contribution in [0.2, 0.25) is 0 Å². The van der Waals surface area contributed by atoms with Crippen LogP contribution >= 0.6 is 0 Å². The van der Waals surface area contributed by atoms with Gasteiger partial charge in [-0.3, -0.25) is 4.79 Å². The highest BCUT2D eigenvalue weighted by atomic mass is 16.5. The van der Waals surface area contributed by atoms with Gasteiger partial charge in [-0.25, -0.2) is 4.79 Å². The van der Waals surface area contributed by atoms with Crippen molar-refractivity contribution < 1.29 is 19.1 Å². The van der Waals surface area contributed by atoms with Gasteiger partial charge < -0.3 is 14.8 Å². The molecule has 0 saturated heterocycles. The number of amides is 1. The van der Waals surface area contributed by atoms with Gasteiger partial charge in [0.05, 0.1) is 20.6 Å². The second-order valence-electron chi connectivity index (χ2n) is 5.36. The van der Waals surface area contributed by atoms with Gasteiger partial charge in [0.25, 0.3) is 0 Å². The third-order valence-corrected chi connectivity index (χ3v) is 3.63. The van der Waals surface area contributed by atoms with E-state index < -0.39 is 12.0 Å². The van der Waals surface area contributed by atoms with Crippen LogP contribution in [0.1, 0.15) is 11.1 Å². The van der Waals surface area contributed by atoms with Crippen molar-refractivity contribution in [1.82, 2.24) is 5.32 Å². The zero-order valence-electron chi connectivity index (χ0n) is 13.8. The summed E-state index contributed by atoms with van der Waals surface area (Å²) < 4.78 is 9.91. The van der Waals surface area contributed by atoms with Crippen molar-refractivity contribution in [2.75, 3.05) is 14.2 Å². The van der Waals surface area contributed by atoms with Crippen molar-refractivity contribution in [1.29, 1.82) is 0 Å². The van der Waals surface area contributed by atoms with Gasteiger partial charge in [-0.15, -0.1) is 0 Å². The smallest absolute Gasteiger partial charge is 0.328 e. The molecule has 1 amide bonds. The molecule has 1 N–H and O–H groups in total. The van der Waals surface area contributed by atoms with Crippen LogP contribution < -0.4 is 10.1 Å². The maximum absolute atomic E-state index is 12.2. The van der Waals surface area contributed by atoms with Gasteiger partial charge in [-0.2, -0.15) is 0 Å². The normalized spacial score (nSPS) is 11.4. The minimum Gasteiger partial charge on any atom is -0.497 e. The number of benzene rings is 2. The van der Waals surface area contributed by atoms with E-state index in [2.05, 4.69) is 5.32 Å². The Morgan fingerprint density at radius 3 is 2.21 bits per heavy atom. The van der Waals surface area contributed by atoms with Gasteiger partial charge in [0.2, 0.25) is 5.91 Å². The molecule has 2 aromatic carbocycles. The Morgan fingerprint density at radius 2 is 1.62 bits per heavy atom. The standard InChI is InChI=1S/C19H21NO4/c1-23-16-10-8-15(9-11-16)12-17(19(22)24-2)20-18(21)13-14-6-4-3-5-7-14/h3-11,17H,12-13H2,1-2H3,(H,20,21)/t17-/m1/s1. The largest absolute Gasteiger partial charge is 0.497 e. The lowest BCUT2D eigenvalue weighted by Crippen LogP contribution is -2.43. The fourth-order valence-electron chi connectivity index (χ4n) is 2.36. The number of nitrogens with one attached hydrogen (secondary N) is 1.